The molecule has 1 aliphatic heterocycles. The summed E-state index contributed by atoms with van der Waals surface area (Å²) in [7, 11) is -1.91. The third kappa shape index (κ3) is 5.84. The molecule has 0 radical (unpaired) electrons. The molecule has 7 nitrogen and oxygen atoms in total. The molecular formula is C23H31N3O4S. The average molecular weight is 446 g/mol. The summed E-state index contributed by atoms with van der Waals surface area (Å²) in [5.74, 6) is 0.462. The van der Waals surface area contributed by atoms with Crippen molar-refractivity contribution in [2.45, 2.75) is 37.8 Å². The largest absolute Gasteiger partial charge is 0.379 e. The molecule has 0 unspecified atom stereocenters. The molecule has 0 spiro atoms. The fourth-order valence-electron chi connectivity index (χ4n) is 3.49. The number of nitrogens with zero attached hydrogens (tertiary/aromatic N) is 2. The summed E-state index contributed by atoms with van der Waals surface area (Å²) < 4.78 is 32.8. The zero-order chi connectivity index (χ0) is 22.4. The van der Waals surface area contributed by atoms with E-state index in [9.17, 15) is 13.2 Å². The van der Waals surface area contributed by atoms with Crippen LogP contribution < -0.4 is 5.32 Å². The van der Waals surface area contributed by atoms with Crippen LogP contribution in [-0.2, 0) is 27.8 Å². The van der Waals surface area contributed by atoms with Gasteiger partial charge in [0, 0.05) is 33.2 Å². The molecule has 2 aromatic carbocycles. The molecule has 0 aromatic heterocycles. The maximum absolute atomic E-state index is 13.1. The molecule has 1 aliphatic rings. The van der Waals surface area contributed by atoms with Crippen molar-refractivity contribution in [1.82, 2.24) is 14.5 Å². The van der Waals surface area contributed by atoms with Gasteiger partial charge in [0.15, 0.2) is 0 Å². The van der Waals surface area contributed by atoms with Crippen molar-refractivity contribution < 1.29 is 17.9 Å². The molecule has 1 saturated heterocycles. The van der Waals surface area contributed by atoms with Crippen LogP contribution in [0.4, 0.5) is 4.79 Å². The van der Waals surface area contributed by atoms with Crippen molar-refractivity contribution in [3.8, 4) is 0 Å². The van der Waals surface area contributed by atoms with E-state index in [1.165, 1.54) is 9.87 Å². The lowest BCUT2D eigenvalue weighted by molar-refractivity contribution is 0.0730. The van der Waals surface area contributed by atoms with Gasteiger partial charge < -0.3 is 15.0 Å². The first kappa shape index (κ1) is 23.2. The van der Waals surface area contributed by atoms with Gasteiger partial charge in [-0.1, -0.05) is 56.3 Å². The van der Waals surface area contributed by atoms with E-state index in [1.54, 1.807) is 36.2 Å². The highest BCUT2D eigenvalue weighted by molar-refractivity contribution is 7.89. The van der Waals surface area contributed by atoms with Crippen LogP contribution in [0.1, 0.15) is 36.5 Å². The fraction of sp³-hybridized carbons (Fsp3) is 0.435. The van der Waals surface area contributed by atoms with Gasteiger partial charge in [0.05, 0.1) is 18.1 Å². The maximum Gasteiger partial charge on any atom is 0.317 e. The highest BCUT2D eigenvalue weighted by Crippen LogP contribution is 2.21. The SMILES string of the molecule is CC(C)c1ccc(CN(C)C(=O)NCc2ccccc2S(=O)(=O)N2CCOCC2)cc1. The molecule has 2 amide bonds. The van der Waals surface area contributed by atoms with Gasteiger partial charge in [-0.15, -0.1) is 0 Å². The van der Waals surface area contributed by atoms with Crippen LogP contribution in [0.5, 0.6) is 0 Å². The Hall–Kier alpha value is -2.42. The van der Waals surface area contributed by atoms with Gasteiger partial charge in [-0.05, 0) is 28.7 Å². The van der Waals surface area contributed by atoms with Gasteiger partial charge in [-0.25, -0.2) is 13.2 Å². The Kier molecular flexibility index (Phi) is 7.69. The number of amides is 2. The predicted molar refractivity (Wildman–Crippen MR) is 120 cm³/mol. The molecule has 168 valence electrons. The fourth-order valence-corrected chi connectivity index (χ4v) is 5.12. The van der Waals surface area contributed by atoms with E-state index >= 15 is 0 Å². The molecule has 31 heavy (non-hydrogen) atoms. The highest BCUT2D eigenvalue weighted by atomic mass is 32.2. The summed E-state index contributed by atoms with van der Waals surface area (Å²) in [4.78, 5) is 14.4. The number of morpholine rings is 1. The van der Waals surface area contributed by atoms with Crippen LogP contribution >= 0.6 is 0 Å². The number of nitrogens with one attached hydrogen (secondary N) is 1. The van der Waals surface area contributed by atoms with Crippen LogP contribution in [0.2, 0.25) is 0 Å². The Labute approximate surface area is 185 Å². The van der Waals surface area contributed by atoms with Gasteiger partial charge in [0.2, 0.25) is 10.0 Å². The summed E-state index contributed by atoms with van der Waals surface area (Å²) in [6, 6.07) is 14.8. The second-order valence-electron chi connectivity index (χ2n) is 8.04. The maximum atomic E-state index is 13.1. The number of ether oxygens (including phenoxy) is 1. The first-order chi connectivity index (χ1) is 14.8. The van der Waals surface area contributed by atoms with Gasteiger partial charge >= 0.3 is 6.03 Å². The number of hydrogen-bond acceptors (Lipinski definition) is 4. The van der Waals surface area contributed by atoms with Crippen molar-refractivity contribution in [2.75, 3.05) is 33.4 Å². The Bertz CT molecular complexity index is 984. The summed E-state index contributed by atoms with van der Waals surface area (Å²) >= 11 is 0. The van der Waals surface area contributed by atoms with Crippen LogP contribution in [0, 0.1) is 0 Å². The molecule has 0 bridgehead atoms. The van der Waals surface area contributed by atoms with E-state index < -0.39 is 10.0 Å². The van der Waals surface area contributed by atoms with E-state index in [4.69, 9.17) is 4.74 Å². The number of rotatable bonds is 7. The van der Waals surface area contributed by atoms with Crippen molar-refractivity contribution in [1.29, 1.82) is 0 Å². The quantitative estimate of drug-likeness (QED) is 0.710. The van der Waals surface area contributed by atoms with E-state index in [1.807, 2.05) is 12.1 Å². The van der Waals surface area contributed by atoms with E-state index in [-0.39, 0.29) is 17.5 Å². The number of benzene rings is 2. The molecule has 1 heterocycles. The highest BCUT2D eigenvalue weighted by Gasteiger charge is 2.28. The van der Waals surface area contributed by atoms with Crippen molar-refractivity contribution in [2.24, 2.45) is 0 Å². The van der Waals surface area contributed by atoms with Crippen LogP contribution in [-0.4, -0.2) is 57.0 Å². The molecule has 0 aliphatic carbocycles. The Morgan fingerprint density at radius 3 is 2.39 bits per heavy atom. The van der Waals surface area contributed by atoms with E-state index in [2.05, 4.69) is 31.3 Å². The van der Waals surface area contributed by atoms with Crippen LogP contribution in [0.3, 0.4) is 0 Å². The molecule has 1 fully saturated rings. The minimum Gasteiger partial charge on any atom is -0.379 e. The summed E-state index contributed by atoms with van der Waals surface area (Å²) in [5, 5.41) is 2.84. The molecule has 0 atom stereocenters. The monoisotopic (exact) mass is 445 g/mol. The summed E-state index contributed by atoms with van der Waals surface area (Å²) in [5.41, 5.74) is 2.86. The second-order valence-corrected chi connectivity index (χ2v) is 9.94. The summed E-state index contributed by atoms with van der Waals surface area (Å²) in [6.07, 6.45) is 0. The number of carbonyl (C=O) groups is 1. The zero-order valence-corrected chi connectivity index (χ0v) is 19.2. The first-order valence-electron chi connectivity index (χ1n) is 10.5. The first-order valence-corrected chi connectivity index (χ1v) is 12.0. The van der Waals surface area contributed by atoms with E-state index in [0.29, 0.717) is 44.3 Å². The minimum absolute atomic E-state index is 0.134. The van der Waals surface area contributed by atoms with Gasteiger partial charge in [-0.2, -0.15) is 4.31 Å². The van der Waals surface area contributed by atoms with Crippen molar-refractivity contribution in [3.63, 3.8) is 0 Å². The third-order valence-electron chi connectivity index (χ3n) is 5.40. The molecule has 3 rings (SSSR count). The topological polar surface area (TPSA) is 79.0 Å². The molecule has 8 heteroatoms. The Morgan fingerprint density at radius 2 is 1.74 bits per heavy atom. The van der Waals surface area contributed by atoms with Gasteiger partial charge in [-0.3, -0.25) is 0 Å². The molecule has 1 N–H and O–H groups in total. The van der Waals surface area contributed by atoms with Crippen molar-refractivity contribution in [3.05, 3.63) is 65.2 Å². The Balaban J connectivity index is 1.63. The number of sulfonamides is 1. The van der Waals surface area contributed by atoms with E-state index in [0.717, 1.165) is 5.56 Å². The number of urea groups is 1. The second kappa shape index (κ2) is 10.3. The zero-order valence-electron chi connectivity index (χ0n) is 18.4. The lowest BCUT2D eigenvalue weighted by Crippen LogP contribution is -2.41. The Morgan fingerprint density at radius 1 is 1.10 bits per heavy atom. The normalized spacial score (nSPS) is 15.1. The van der Waals surface area contributed by atoms with Gasteiger partial charge in [0.25, 0.3) is 0 Å². The smallest absolute Gasteiger partial charge is 0.317 e. The molecule has 2 aromatic rings. The van der Waals surface area contributed by atoms with Crippen LogP contribution in [0.15, 0.2) is 53.4 Å². The minimum atomic E-state index is -3.63. The predicted octanol–water partition coefficient (Wildman–Crippen LogP) is 3.17. The average Bonchev–Trinajstić information content (AvgIpc) is 2.78. The number of hydrogen-bond donors (Lipinski definition) is 1. The number of carbonyl (C=O) groups excluding carboxylic acids is 1. The van der Waals surface area contributed by atoms with Gasteiger partial charge in [0.1, 0.15) is 0 Å². The van der Waals surface area contributed by atoms with Crippen molar-refractivity contribution >= 4 is 16.1 Å². The van der Waals surface area contributed by atoms with Crippen LogP contribution in [0.25, 0.3) is 0 Å². The molecular weight excluding hydrogens is 414 g/mol. The molecule has 0 saturated carbocycles. The standard InChI is InChI=1S/C23H31N3O4S/c1-18(2)20-10-8-19(9-11-20)17-25(3)23(27)24-16-21-6-4-5-7-22(21)31(28,29)26-12-14-30-15-13-26/h4-11,18H,12-17H2,1-3H3,(H,24,27). The lowest BCUT2D eigenvalue weighted by atomic mass is 10.0. The summed E-state index contributed by atoms with van der Waals surface area (Å²) in [6.45, 7) is 6.34. The lowest BCUT2D eigenvalue weighted by Gasteiger charge is -2.27. The third-order valence-corrected chi connectivity index (χ3v) is 7.40.